The van der Waals surface area contributed by atoms with Gasteiger partial charge in [0.2, 0.25) is 0 Å². The van der Waals surface area contributed by atoms with E-state index in [2.05, 4.69) is 4.98 Å². The van der Waals surface area contributed by atoms with Crippen LogP contribution in [-0.4, -0.2) is 10.1 Å². The number of phenols is 1. The number of aromatic hydroxyl groups is 1. The first kappa shape index (κ1) is 10.6. The summed E-state index contributed by atoms with van der Waals surface area (Å²) in [6, 6.07) is 12.7. The van der Waals surface area contributed by atoms with Gasteiger partial charge in [0.25, 0.3) is 0 Å². The Morgan fingerprint density at radius 2 is 2.00 bits per heavy atom. The molecule has 1 heterocycles. The molecule has 0 saturated carbocycles. The van der Waals surface area contributed by atoms with Gasteiger partial charge < -0.3 is 5.11 Å². The van der Waals surface area contributed by atoms with Crippen molar-refractivity contribution in [2.45, 2.75) is 0 Å². The van der Waals surface area contributed by atoms with Crippen LogP contribution in [-0.2, 0) is 0 Å². The molecule has 0 radical (unpaired) electrons. The van der Waals surface area contributed by atoms with E-state index in [4.69, 9.17) is 11.6 Å². The van der Waals surface area contributed by atoms with E-state index in [0.717, 1.165) is 20.8 Å². The number of halogens is 1. The molecule has 0 saturated heterocycles. The maximum absolute atomic E-state index is 9.45. The molecule has 0 amide bonds. The van der Waals surface area contributed by atoms with Crippen LogP contribution in [0.2, 0.25) is 5.02 Å². The second-order valence-corrected chi connectivity index (χ2v) is 5.15. The van der Waals surface area contributed by atoms with E-state index >= 15 is 0 Å². The number of hydrogen-bond donors (Lipinski definition) is 1. The zero-order chi connectivity index (χ0) is 11.8. The summed E-state index contributed by atoms with van der Waals surface area (Å²) in [5.41, 5.74) is 1.85. The first-order valence-corrected chi connectivity index (χ1v) is 6.27. The summed E-state index contributed by atoms with van der Waals surface area (Å²) in [5, 5.41) is 11.0. The Morgan fingerprint density at radius 3 is 2.82 bits per heavy atom. The highest BCUT2D eigenvalue weighted by Gasteiger charge is 2.06. The molecule has 84 valence electrons. The highest BCUT2D eigenvalue weighted by molar-refractivity contribution is 7.21. The van der Waals surface area contributed by atoms with Gasteiger partial charge in [-0.2, -0.15) is 0 Å². The average Bonchev–Trinajstić information content (AvgIpc) is 2.72. The number of nitrogens with zero attached hydrogens (tertiary/aromatic N) is 1. The van der Waals surface area contributed by atoms with Gasteiger partial charge in [-0.15, -0.1) is 11.3 Å². The van der Waals surface area contributed by atoms with Crippen LogP contribution in [0, 0.1) is 0 Å². The molecule has 0 unspecified atom stereocenters. The number of hydrogen-bond acceptors (Lipinski definition) is 3. The quantitative estimate of drug-likeness (QED) is 0.708. The van der Waals surface area contributed by atoms with Crippen molar-refractivity contribution in [1.82, 2.24) is 4.98 Å². The van der Waals surface area contributed by atoms with E-state index < -0.39 is 0 Å². The molecule has 3 aromatic rings. The maximum Gasteiger partial charge on any atom is 0.124 e. The van der Waals surface area contributed by atoms with Gasteiger partial charge in [0.05, 0.1) is 10.2 Å². The van der Waals surface area contributed by atoms with Crippen LogP contribution in [0.5, 0.6) is 5.75 Å². The number of rotatable bonds is 1. The van der Waals surface area contributed by atoms with E-state index in [0.29, 0.717) is 5.02 Å². The fourth-order valence-electron chi connectivity index (χ4n) is 1.66. The molecule has 17 heavy (non-hydrogen) atoms. The molecule has 0 bridgehead atoms. The minimum atomic E-state index is 0.250. The topological polar surface area (TPSA) is 33.1 Å². The zero-order valence-electron chi connectivity index (χ0n) is 8.72. The number of aromatic nitrogens is 1. The normalized spacial score (nSPS) is 10.9. The van der Waals surface area contributed by atoms with Crippen molar-refractivity contribution in [3.63, 3.8) is 0 Å². The third-order valence-corrected chi connectivity index (χ3v) is 3.75. The van der Waals surface area contributed by atoms with Gasteiger partial charge >= 0.3 is 0 Å². The fraction of sp³-hybridized carbons (Fsp3) is 0. The van der Waals surface area contributed by atoms with Crippen LogP contribution < -0.4 is 0 Å². The van der Waals surface area contributed by atoms with E-state index in [9.17, 15) is 5.11 Å². The van der Waals surface area contributed by atoms with E-state index in [1.807, 2.05) is 30.3 Å². The van der Waals surface area contributed by atoms with Crippen molar-refractivity contribution < 1.29 is 5.11 Å². The second kappa shape index (κ2) is 4.02. The molecule has 3 rings (SSSR count). The van der Waals surface area contributed by atoms with Crippen LogP contribution in [0.1, 0.15) is 0 Å². The summed E-state index contributed by atoms with van der Waals surface area (Å²) in [7, 11) is 0. The Kier molecular flexibility index (Phi) is 2.50. The number of fused-ring (bicyclic) bond motifs is 1. The fourth-order valence-corrected chi connectivity index (χ4v) is 2.90. The molecule has 0 aliphatic carbocycles. The van der Waals surface area contributed by atoms with Gasteiger partial charge in [-0.25, -0.2) is 4.98 Å². The Bertz CT molecular complexity index is 693. The minimum Gasteiger partial charge on any atom is -0.508 e. The number of phenolic OH excluding ortho intramolecular Hbond substituents is 1. The molecular weight excluding hydrogens is 254 g/mol. The first-order chi connectivity index (χ1) is 8.22. The molecule has 2 aromatic carbocycles. The summed E-state index contributed by atoms with van der Waals surface area (Å²) in [6.45, 7) is 0. The smallest absolute Gasteiger partial charge is 0.124 e. The Morgan fingerprint density at radius 1 is 1.12 bits per heavy atom. The van der Waals surface area contributed by atoms with Gasteiger partial charge in [0.1, 0.15) is 10.8 Å². The largest absolute Gasteiger partial charge is 0.508 e. The van der Waals surface area contributed by atoms with Crippen LogP contribution in [0.3, 0.4) is 0 Å². The molecule has 4 heteroatoms. The zero-order valence-corrected chi connectivity index (χ0v) is 10.3. The predicted molar refractivity (Wildman–Crippen MR) is 71.7 cm³/mol. The SMILES string of the molecule is Oc1cccc(-c2nc3ccc(Cl)cc3s2)c1. The molecule has 0 spiro atoms. The summed E-state index contributed by atoms with van der Waals surface area (Å²) in [6.07, 6.45) is 0. The van der Waals surface area contributed by atoms with Crippen molar-refractivity contribution in [1.29, 1.82) is 0 Å². The Hall–Kier alpha value is -1.58. The minimum absolute atomic E-state index is 0.250. The monoisotopic (exact) mass is 261 g/mol. The molecule has 0 atom stereocenters. The van der Waals surface area contributed by atoms with Crippen LogP contribution in [0.15, 0.2) is 42.5 Å². The average molecular weight is 262 g/mol. The van der Waals surface area contributed by atoms with Crippen molar-refractivity contribution in [3.8, 4) is 16.3 Å². The van der Waals surface area contributed by atoms with Crippen molar-refractivity contribution in [3.05, 3.63) is 47.5 Å². The predicted octanol–water partition coefficient (Wildman–Crippen LogP) is 4.32. The van der Waals surface area contributed by atoms with Crippen molar-refractivity contribution in [2.75, 3.05) is 0 Å². The van der Waals surface area contributed by atoms with E-state index in [-0.39, 0.29) is 5.75 Å². The lowest BCUT2D eigenvalue weighted by atomic mass is 10.2. The number of thiazole rings is 1. The second-order valence-electron chi connectivity index (χ2n) is 3.68. The Labute approximate surface area is 107 Å². The third kappa shape index (κ3) is 1.99. The molecule has 0 aliphatic rings. The first-order valence-electron chi connectivity index (χ1n) is 5.08. The third-order valence-electron chi connectivity index (χ3n) is 2.44. The van der Waals surface area contributed by atoms with Gasteiger partial charge in [-0.3, -0.25) is 0 Å². The standard InChI is InChI=1S/C13H8ClNOS/c14-9-4-5-11-12(7-9)17-13(15-11)8-2-1-3-10(16)6-8/h1-7,16H. The summed E-state index contributed by atoms with van der Waals surface area (Å²) >= 11 is 7.50. The highest BCUT2D eigenvalue weighted by atomic mass is 35.5. The van der Waals surface area contributed by atoms with E-state index in [1.165, 1.54) is 0 Å². The van der Waals surface area contributed by atoms with Crippen molar-refractivity contribution >= 4 is 33.2 Å². The molecule has 2 nitrogen and oxygen atoms in total. The van der Waals surface area contributed by atoms with Gasteiger partial charge in [0, 0.05) is 10.6 Å². The molecular formula is C13H8ClNOS. The lowest BCUT2D eigenvalue weighted by Gasteiger charge is -1.95. The Balaban J connectivity index is 2.18. The van der Waals surface area contributed by atoms with Crippen molar-refractivity contribution in [2.24, 2.45) is 0 Å². The number of benzene rings is 2. The van der Waals surface area contributed by atoms with Gasteiger partial charge in [-0.1, -0.05) is 23.7 Å². The molecule has 0 aliphatic heterocycles. The lowest BCUT2D eigenvalue weighted by Crippen LogP contribution is -1.74. The molecule has 1 N–H and O–H groups in total. The van der Waals surface area contributed by atoms with Crippen LogP contribution in [0.4, 0.5) is 0 Å². The highest BCUT2D eigenvalue weighted by Crippen LogP contribution is 2.32. The van der Waals surface area contributed by atoms with Gasteiger partial charge in [0.15, 0.2) is 0 Å². The maximum atomic E-state index is 9.45. The molecule has 0 fully saturated rings. The molecule has 1 aromatic heterocycles. The van der Waals surface area contributed by atoms with Gasteiger partial charge in [-0.05, 0) is 30.3 Å². The summed E-state index contributed by atoms with van der Waals surface area (Å²) in [5.74, 6) is 0.250. The van der Waals surface area contributed by atoms with Crippen LogP contribution in [0.25, 0.3) is 20.8 Å². The summed E-state index contributed by atoms with van der Waals surface area (Å²) < 4.78 is 1.05. The van der Waals surface area contributed by atoms with E-state index in [1.54, 1.807) is 23.5 Å². The lowest BCUT2D eigenvalue weighted by molar-refractivity contribution is 0.475. The van der Waals surface area contributed by atoms with Crippen LogP contribution >= 0.6 is 22.9 Å². The summed E-state index contributed by atoms with van der Waals surface area (Å²) in [4.78, 5) is 4.51.